The molecule has 0 unspecified atom stereocenters. The van der Waals surface area contributed by atoms with Gasteiger partial charge in [0, 0.05) is 7.11 Å². The van der Waals surface area contributed by atoms with E-state index < -0.39 is 0 Å². The van der Waals surface area contributed by atoms with E-state index in [4.69, 9.17) is 9.47 Å². The Balaban J connectivity index is 1.62. The minimum absolute atomic E-state index is 0.263. The lowest BCUT2D eigenvalue weighted by atomic mass is 10.2. The van der Waals surface area contributed by atoms with Crippen molar-refractivity contribution in [1.29, 1.82) is 0 Å². The van der Waals surface area contributed by atoms with Gasteiger partial charge in [-0.25, -0.2) is 0 Å². The summed E-state index contributed by atoms with van der Waals surface area (Å²) in [5, 5.41) is -0.263. The molecular weight excluding hydrogens is 350 g/mol. The van der Waals surface area contributed by atoms with Gasteiger partial charge in [0.1, 0.15) is 12.4 Å². The van der Waals surface area contributed by atoms with E-state index in [0.29, 0.717) is 18.1 Å². The van der Waals surface area contributed by atoms with E-state index in [2.05, 4.69) is 0 Å². The van der Waals surface area contributed by atoms with Crippen molar-refractivity contribution in [2.24, 2.45) is 0 Å². The average molecular weight is 369 g/mol. The molecule has 2 aromatic rings. The van der Waals surface area contributed by atoms with Gasteiger partial charge in [-0.1, -0.05) is 42.5 Å². The van der Waals surface area contributed by atoms with Crippen molar-refractivity contribution in [2.45, 2.75) is 6.61 Å². The van der Waals surface area contributed by atoms with E-state index in [1.54, 1.807) is 6.08 Å². The van der Waals surface area contributed by atoms with Gasteiger partial charge in [0.25, 0.3) is 11.1 Å². The molecule has 2 amide bonds. The van der Waals surface area contributed by atoms with Crippen molar-refractivity contribution >= 4 is 29.0 Å². The number of carbonyl (C=O) groups is 2. The van der Waals surface area contributed by atoms with Gasteiger partial charge in [0.15, 0.2) is 0 Å². The first kappa shape index (κ1) is 18.2. The number of rotatable bonds is 7. The highest BCUT2D eigenvalue weighted by molar-refractivity contribution is 8.18. The van der Waals surface area contributed by atoms with Gasteiger partial charge < -0.3 is 9.47 Å². The Morgan fingerprint density at radius 1 is 1.04 bits per heavy atom. The van der Waals surface area contributed by atoms with Gasteiger partial charge in [-0.05, 0) is 41.1 Å². The summed E-state index contributed by atoms with van der Waals surface area (Å²) < 4.78 is 10.7. The fourth-order valence-electron chi connectivity index (χ4n) is 2.43. The predicted molar refractivity (Wildman–Crippen MR) is 102 cm³/mol. The molecule has 1 heterocycles. The van der Waals surface area contributed by atoms with E-state index in [1.165, 1.54) is 12.0 Å². The van der Waals surface area contributed by atoms with Crippen LogP contribution < -0.4 is 4.74 Å². The molecule has 0 atom stereocenters. The zero-order valence-corrected chi connectivity index (χ0v) is 15.2. The van der Waals surface area contributed by atoms with Crippen LogP contribution in [0.2, 0.25) is 0 Å². The third kappa shape index (κ3) is 4.53. The Morgan fingerprint density at radius 2 is 1.77 bits per heavy atom. The largest absolute Gasteiger partial charge is 0.489 e. The van der Waals surface area contributed by atoms with Crippen LogP contribution in [-0.2, 0) is 16.1 Å². The van der Waals surface area contributed by atoms with Gasteiger partial charge in [0.2, 0.25) is 0 Å². The second-order valence-electron chi connectivity index (χ2n) is 5.67. The Bertz CT molecular complexity index is 802. The Kier molecular flexibility index (Phi) is 6.09. The first-order valence-corrected chi connectivity index (χ1v) is 9.00. The molecular formula is C20H19NO4S. The molecule has 0 bridgehead atoms. The first-order valence-electron chi connectivity index (χ1n) is 8.18. The monoisotopic (exact) mass is 369 g/mol. The zero-order chi connectivity index (χ0) is 18.4. The molecule has 1 fully saturated rings. The zero-order valence-electron chi connectivity index (χ0n) is 14.4. The number of nitrogens with zero attached hydrogens (tertiary/aromatic N) is 1. The molecule has 0 aliphatic carbocycles. The highest BCUT2D eigenvalue weighted by atomic mass is 32.2. The normalized spacial score (nSPS) is 15.7. The third-order valence-electron chi connectivity index (χ3n) is 3.82. The number of hydrogen-bond acceptors (Lipinski definition) is 5. The number of benzene rings is 2. The van der Waals surface area contributed by atoms with Crippen LogP contribution in [0.15, 0.2) is 59.5 Å². The first-order chi connectivity index (χ1) is 12.7. The van der Waals surface area contributed by atoms with E-state index in [9.17, 15) is 9.59 Å². The van der Waals surface area contributed by atoms with E-state index >= 15 is 0 Å². The van der Waals surface area contributed by atoms with Crippen molar-refractivity contribution in [1.82, 2.24) is 4.90 Å². The third-order valence-corrected chi connectivity index (χ3v) is 4.73. The highest BCUT2D eigenvalue weighted by Crippen LogP contribution is 2.32. The molecule has 1 saturated heterocycles. The minimum atomic E-state index is -0.276. The summed E-state index contributed by atoms with van der Waals surface area (Å²) in [6.07, 6.45) is 1.72. The summed E-state index contributed by atoms with van der Waals surface area (Å²) in [4.78, 5) is 25.8. The topological polar surface area (TPSA) is 55.8 Å². The average Bonchev–Trinajstić information content (AvgIpc) is 2.93. The Labute approximate surface area is 156 Å². The van der Waals surface area contributed by atoms with Gasteiger partial charge in [-0.2, -0.15) is 0 Å². The standard InChI is InChI=1S/C20H19NO4S/c1-24-12-11-21-19(22)18(26-20(21)23)13-15-7-9-17(10-8-15)25-14-16-5-3-2-4-6-16/h2-10,13H,11-12,14H2,1H3/b18-13+. The molecule has 1 aliphatic heterocycles. The van der Waals surface area contributed by atoms with Crippen LogP contribution in [0.5, 0.6) is 5.75 Å². The van der Waals surface area contributed by atoms with E-state index in [0.717, 1.165) is 28.6 Å². The number of hydrogen-bond donors (Lipinski definition) is 0. The van der Waals surface area contributed by atoms with Crippen molar-refractivity contribution < 1.29 is 19.1 Å². The number of thioether (sulfide) groups is 1. The molecule has 26 heavy (non-hydrogen) atoms. The summed E-state index contributed by atoms with van der Waals surface area (Å²) in [5.74, 6) is 0.473. The summed E-state index contributed by atoms with van der Waals surface area (Å²) in [6.45, 7) is 1.10. The number of ether oxygens (including phenoxy) is 2. The van der Waals surface area contributed by atoms with Crippen molar-refractivity contribution in [3.8, 4) is 5.75 Å². The van der Waals surface area contributed by atoms with Crippen LogP contribution in [0, 0.1) is 0 Å². The lowest BCUT2D eigenvalue weighted by Gasteiger charge is -2.10. The second-order valence-corrected chi connectivity index (χ2v) is 6.66. The maximum Gasteiger partial charge on any atom is 0.293 e. The van der Waals surface area contributed by atoms with E-state index in [1.807, 2.05) is 54.6 Å². The fourth-order valence-corrected chi connectivity index (χ4v) is 3.29. The van der Waals surface area contributed by atoms with Gasteiger partial charge in [-0.15, -0.1) is 0 Å². The van der Waals surface area contributed by atoms with Gasteiger partial charge in [0.05, 0.1) is 18.1 Å². The van der Waals surface area contributed by atoms with Crippen molar-refractivity contribution in [3.63, 3.8) is 0 Å². The number of imide groups is 1. The summed E-state index contributed by atoms with van der Waals surface area (Å²) in [5.41, 5.74) is 1.94. The summed E-state index contributed by atoms with van der Waals surface area (Å²) >= 11 is 0.951. The molecule has 6 heteroatoms. The molecule has 0 N–H and O–H groups in total. The lowest BCUT2D eigenvalue weighted by Crippen LogP contribution is -2.31. The smallest absolute Gasteiger partial charge is 0.293 e. The van der Waals surface area contributed by atoms with E-state index in [-0.39, 0.29) is 17.7 Å². The number of carbonyl (C=O) groups excluding carboxylic acids is 2. The van der Waals surface area contributed by atoms with Crippen LogP contribution in [0.4, 0.5) is 4.79 Å². The molecule has 0 spiro atoms. The Morgan fingerprint density at radius 3 is 2.46 bits per heavy atom. The molecule has 0 saturated carbocycles. The minimum Gasteiger partial charge on any atom is -0.489 e. The number of methoxy groups -OCH3 is 1. The second kappa shape index (κ2) is 8.69. The summed E-state index contributed by atoms with van der Waals surface area (Å²) in [7, 11) is 1.54. The molecule has 134 valence electrons. The van der Waals surface area contributed by atoms with Gasteiger partial charge >= 0.3 is 0 Å². The maximum absolute atomic E-state index is 12.3. The molecule has 2 aromatic carbocycles. The van der Waals surface area contributed by atoms with Crippen molar-refractivity contribution in [3.05, 3.63) is 70.6 Å². The van der Waals surface area contributed by atoms with Crippen LogP contribution in [0.3, 0.4) is 0 Å². The lowest BCUT2D eigenvalue weighted by molar-refractivity contribution is -0.123. The van der Waals surface area contributed by atoms with Crippen molar-refractivity contribution in [2.75, 3.05) is 20.3 Å². The SMILES string of the molecule is COCCN1C(=O)S/C(=C/c2ccc(OCc3ccccc3)cc2)C1=O. The summed E-state index contributed by atoms with van der Waals surface area (Å²) in [6, 6.07) is 17.4. The number of amides is 2. The predicted octanol–water partition coefficient (Wildman–Crippen LogP) is 3.95. The molecule has 0 aromatic heterocycles. The fraction of sp³-hybridized carbons (Fsp3) is 0.200. The molecule has 1 aliphatic rings. The van der Waals surface area contributed by atoms with Crippen LogP contribution >= 0.6 is 11.8 Å². The molecule has 3 rings (SSSR count). The van der Waals surface area contributed by atoms with Gasteiger partial charge in [-0.3, -0.25) is 14.5 Å². The maximum atomic E-state index is 12.3. The quantitative estimate of drug-likeness (QED) is 0.692. The Hall–Kier alpha value is -2.57. The molecule has 0 radical (unpaired) electrons. The van der Waals surface area contributed by atoms with Crippen LogP contribution in [-0.4, -0.2) is 36.3 Å². The molecule has 5 nitrogen and oxygen atoms in total. The van der Waals surface area contributed by atoms with Crippen LogP contribution in [0.25, 0.3) is 6.08 Å². The highest BCUT2D eigenvalue weighted by Gasteiger charge is 2.34. The van der Waals surface area contributed by atoms with Crippen LogP contribution in [0.1, 0.15) is 11.1 Å².